The number of rotatable bonds is 21. The van der Waals surface area contributed by atoms with Gasteiger partial charge in [-0.3, -0.25) is 44.4 Å². The molecule has 0 aliphatic carbocycles. The third kappa shape index (κ3) is 17.0. The van der Waals surface area contributed by atoms with Crippen molar-refractivity contribution >= 4 is 41.4 Å². The first-order valence-electron chi connectivity index (χ1n) is 16.0. The van der Waals surface area contributed by atoms with Gasteiger partial charge >= 0.3 is 5.97 Å². The second kappa shape index (κ2) is 22.3. The molecule has 3 atom stereocenters. The second-order valence-electron chi connectivity index (χ2n) is 11.7. The molecule has 6 amide bonds. The van der Waals surface area contributed by atoms with Gasteiger partial charge in [0.15, 0.2) is 0 Å². The number of carbonyl (C=O) groups is 7. The average molecular weight is 699 g/mol. The Balaban J connectivity index is 2.46. The van der Waals surface area contributed by atoms with Gasteiger partial charge in [-0.15, -0.1) is 0 Å². The van der Waals surface area contributed by atoms with E-state index in [1.807, 2.05) is 0 Å². The molecule has 276 valence electrons. The molecular weight excluding hydrogens is 648 g/mol. The lowest BCUT2D eigenvalue weighted by Crippen LogP contribution is -2.61. The Morgan fingerprint density at radius 2 is 1.24 bits per heavy atom. The second-order valence-corrected chi connectivity index (χ2v) is 11.7. The van der Waals surface area contributed by atoms with Crippen LogP contribution in [0.2, 0.25) is 0 Å². The number of ether oxygens (including phenoxy) is 1. The lowest BCUT2D eigenvalue weighted by atomic mass is 10.0. The van der Waals surface area contributed by atoms with E-state index in [9.17, 15) is 49.2 Å². The van der Waals surface area contributed by atoms with Crippen molar-refractivity contribution in [3.05, 3.63) is 23.3 Å². The molecule has 7 N–H and O–H groups in total. The molecule has 18 heteroatoms. The molecule has 1 saturated heterocycles. The highest BCUT2D eigenvalue weighted by atomic mass is 16.5. The summed E-state index contributed by atoms with van der Waals surface area (Å²) >= 11 is 0. The van der Waals surface area contributed by atoms with E-state index in [0.29, 0.717) is 26.3 Å². The molecule has 3 unspecified atom stereocenters. The van der Waals surface area contributed by atoms with E-state index >= 15 is 0 Å². The van der Waals surface area contributed by atoms with Crippen LogP contribution in [-0.4, -0.2) is 128 Å². The van der Waals surface area contributed by atoms with E-state index in [4.69, 9.17) is 9.84 Å². The Morgan fingerprint density at radius 1 is 0.776 bits per heavy atom. The molecule has 1 aliphatic heterocycles. The largest absolute Gasteiger partial charge is 0.464 e. The number of esters is 1. The number of piperazine rings is 1. The number of aliphatic hydroxyl groups excluding tert-OH is 1. The number of carbonyl (C=O) groups excluding carboxylic acids is 7. The van der Waals surface area contributed by atoms with Crippen LogP contribution >= 0.6 is 0 Å². The normalized spacial score (nSPS) is 17.0. The lowest BCUT2D eigenvalue weighted by Gasteiger charge is -2.30. The van der Waals surface area contributed by atoms with Gasteiger partial charge in [0.2, 0.25) is 23.6 Å². The predicted octanol–water partition coefficient (Wildman–Crippen LogP) is -0.303. The Labute approximate surface area is 285 Å². The number of hydrogen-bond acceptors (Lipinski definition) is 12. The first-order valence-corrected chi connectivity index (χ1v) is 16.0. The summed E-state index contributed by atoms with van der Waals surface area (Å²) in [5.74, 6) is -4.04. The fourth-order valence-electron chi connectivity index (χ4n) is 4.59. The van der Waals surface area contributed by atoms with Crippen molar-refractivity contribution in [2.75, 3.05) is 32.8 Å². The Bertz CT molecular complexity index is 1240. The standard InChI is InChI=1S/C31H50N6O12/c1-20(11-16-38)18-27(41)37(48)15-7-10-26(32-22(3)39)31(45)49-17-12-21(2)19-28(42)36(47)14-6-9-25-30(44)33-24(29(43)34-25)8-5-13-35(46)23(4)40/h18-19,24-26,38,46-48H,5-17H2,1-4H3,(H,32,39)(H,33,44)(H,34,43)/b20-18+,21-19+. The van der Waals surface area contributed by atoms with Gasteiger partial charge in [0.05, 0.1) is 6.61 Å². The van der Waals surface area contributed by atoms with Crippen molar-refractivity contribution in [2.45, 2.75) is 97.2 Å². The number of nitrogens with zero attached hydrogens (tertiary/aromatic N) is 3. The Kier molecular flexibility index (Phi) is 19.4. The molecule has 0 aromatic rings. The molecule has 0 spiro atoms. The quantitative estimate of drug-likeness (QED) is 0.0353. The van der Waals surface area contributed by atoms with Gasteiger partial charge in [0.25, 0.3) is 11.8 Å². The summed E-state index contributed by atoms with van der Waals surface area (Å²) < 4.78 is 5.24. The van der Waals surface area contributed by atoms with Gasteiger partial charge in [-0.2, -0.15) is 0 Å². The van der Waals surface area contributed by atoms with Crippen molar-refractivity contribution in [3.63, 3.8) is 0 Å². The van der Waals surface area contributed by atoms with Crippen LogP contribution in [-0.2, 0) is 38.3 Å². The molecular formula is C31H50N6O12. The number of nitrogens with one attached hydrogen (secondary N) is 3. The minimum Gasteiger partial charge on any atom is -0.464 e. The molecule has 18 nitrogen and oxygen atoms in total. The molecule has 1 fully saturated rings. The van der Waals surface area contributed by atoms with Gasteiger partial charge in [-0.05, 0) is 58.8 Å². The van der Waals surface area contributed by atoms with Crippen LogP contribution in [0.15, 0.2) is 23.3 Å². The van der Waals surface area contributed by atoms with Crippen LogP contribution in [0.25, 0.3) is 0 Å². The van der Waals surface area contributed by atoms with Crippen molar-refractivity contribution in [3.8, 4) is 0 Å². The van der Waals surface area contributed by atoms with Crippen LogP contribution in [0.3, 0.4) is 0 Å². The minimum atomic E-state index is -1.04. The highest BCUT2D eigenvalue weighted by Gasteiger charge is 2.33. The van der Waals surface area contributed by atoms with E-state index in [2.05, 4.69) is 16.0 Å². The predicted molar refractivity (Wildman–Crippen MR) is 170 cm³/mol. The summed E-state index contributed by atoms with van der Waals surface area (Å²) in [6, 6.07) is -2.71. The van der Waals surface area contributed by atoms with Crippen molar-refractivity contribution in [1.29, 1.82) is 0 Å². The molecule has 0 aromatic carbocycles. The number of hydroxylamine groups is 6. The van der Waals surface area contributed by atoms with Gasteiger partial charge in [0, 0.05) is 58.7 Å². The lowest BCUT2D eigenvalue weighted by molar-refractivity contribution is -0.163. The third-order valence-electron chi connectivity index (χ3n) is 7.38. The summed E-state index contributed by atoms with van der Waals surface area (Å²) in [7, 11) is 0. The first-order chi connectivity index (χ1) is 23.0. The Hall–Kier alpha value is -4.39. The van der Waals surface area contributed by atoms with Crippen molar-refractivity contribution < 1.29 is 59.0 Å². The van der Waals surface area contributed by atoms with Gasteiger partial charge < -0.3 is 25.8 Å². The number of hydrogen-bond donors (Lipinski definition) is 7. The fourth-order valence-corrected chi connectivity index (χ4v) is 4.59. The molecule has 0 radical (unpaired) electrons. The van der Waals surface area contributed by atoms with Gasteiger partial charge in [-0.1, -0.05) is 11.1 Å². The summed E-state index contributed by atoms with van der Waals surface area (Å²) in [6.07, 6.45) is 3.80. The highest BCUT2D eigenvalue weighted by molar-refractivity contribution is 5.96. The van der Waals surface area contributed by atoms with Crippen molar-refractivity contribution in [1.82, 2.24) is 31.1 Å². The van der Waals surface area contributed by atoms with Crippen LogP contribution in [0.1, 0.15) is 79.1 Å². The number of aliphatic hydroxyl groups is 1. The number of amides is 6. The SMILES string of the molecule is CC(=O)NC(CCCN(O)C(=O)/C=C(\C)CCO)C(=O)OCC/C(C)=C/C(=O)N(O)CCCC1NC(=O)C(CCCN(O)C(C)=O)NC1=O. The molecule has 1 aliphatic rings. The highest BCUT2D eigenvalue weighted by Crippen LogP contribution is 2.11. The molecule has 49 heavy (non-hydrogen) atoms. The first kappa shape index (κ1) is 42.6. The van der Waals surface area contributed by atoms with E-state index in [0.717, 1.165) is 6.08 Å². The average Bonchev–Trinajstić information content (AvgIpc) is 3.01. The zero-order chi connectivity index (χ0) is 37.1. The zero-order valence-electron chi connectivity index (χ0n) is 28.5. The summed E-state index contributed by atoms with van der Waals surface area (Å²) in [4.78, 5) is 84.5. The van der Waals surface area contributed by atoms with Gasteiger partial charge in [0.1, 0.15) is 18.1 Å². The van der Waals surface area contributed by atoms with Crippen LogP contribution in [0, 0.1) is 0 Å². The molecule has 1 heterocycles. The Morgan fingerprint density at radius 3 is 1.71 bits per heavy atom. The smallest absolute Gasteiger partial charge is 0.328 e. The summed E-state index contributed by atoms with van der Waals surface area (Å²) in [5, 5.41) is 47.6. The van der Waals surface area contributed by atoms with Crippen LogP contribution in [0.5, 0.6) is 0 Å². The van der Waals surface area contributed by atoms with Gasteiger partial charge in [-0.25, -0.2) is 20.0 Å². The summed E-state index contributed by atoms with van der Waals surface area (Å²) in [5.41, 5.74) is 1.06. The van der Waals surface area contributed by atoms with E-state index < -0.39 is 59.5 Å². The maximum absolute atomic E-state index is 12.6. The molecule has 0 aromatic heterocycles. The molecule has 1 rings (SSSR count). The van der Waals surface area contributed by atoms with Crippen LogP contribution < -0.4 is 16.0 Å². The fraction of sp³-hybridized carbons (Fsp3) is 0.645. The third-order valence-corrected chi connectivity index (χ3v) is 7.38. The maximum atomic E-state index is 12.6. The monoisotopic (exact) mass is 698 g/mol. The molecule has 0 bridgehead atoms. The van der Waals surface area contributed by atoms with E-state index in [-0.39, 0.29) is 84.2 Å². The van der Waals surface area contributed by atoms with E-state index in [1.165, 1.54) is 19.9 Å². The maximum Gasteiger partial charge on any atom is 0.328 e. The topological polar surface area (TPSA) is 255 Å². The van der Waals surface area contributed by atoms with Crippen LogP contribution in [0.4, 0.5) is 0 Å². The molecule has 0 saturated carbocycles. The zero-order valence-corrected chi connectivity index (χ0v) is 28.5. The van der Waals surface area contributed by atoms with E-state index in [1.54, 1.807) is 13.8 Å². The minimum absolute atomic E-state index is 0.0137. The summed E-state index contributed by atoms with van der Waals surface area (Å²) in [6.45, 7) is 5.12. The van der Waals surface area contributed by atoms with Crippen molar-refractivity contribution in [2.24, 2.45) is 0 Å².